The van der Waals surface area contributed by atoms with E-state index in [1.165, 1.54) is 22.8 Å². The number of halogens is 1. The first-order valence-corrected chi connectivity index (χ1v) is 13.2. The highest BCUT2D eigenvalue weighted by atomic mass is 79.9. The van der Waals surface area contributed by atoms with Gasteiger partial charge in [0, 0.05) is 21.0 Å². The quantitative estimate of drug-likeness (QED) is 0.212. The molecule has 0 bridgehead atoms. The molecule has 0 saturated heterocycles. The number of thiophene rings is 1. The SMILES string of the molecule is CC(C)(C)C1CCc2c(sc3c2C(=O)NC(c2cc(Br)ccc2OC(=O)/C=C/c2ccco2)N3)C1. The molecule has 35 heavy (non-hydrogen) atoms. The van der Waals surface area contributed by atoms with Crippen molar-refractivity contribution in [1.29, 1.82) is 0 Å². The molecule has 2 aromatic heterocycles. The molecule has 0 saturated carbocycles. The van der Waals surface area contributed by atoms with Crippen molar-refractivity contribution >= 4 is 50.2 Å². The minimum atomic E-state index is -0.535. The number of fused-ring (bicyclic) bond motifs is 3. The van der Waals surface area contributed by atoms with E-state index >= 15 is 0 Å². The number of benzene rings is 1. The number of furan rings is 1. The maximum absolute atomic E-state index is 13.2. The number of nitrogens with one attached hydrogen (secondary N) is 2. The molecule has 5 rings (SSSR count). The highest BCUT2D eigenvalue weighted by molar-refractivity contribution is 9.10. The van der Waals surface area contributed by atoms with Crippen molar-refractivity contribution in [2.24, 2.45) is 11.3 Å². The van der Waals surface area contributed by atoms with Crippen molar-refractivity contribution in [3.8, 4) is 5.75 Å². The number of anilines is 1. The molecule has 8 heteroatoms. The van der Waals surface area contributed by atoms with Gasteiger partial charge in [0.15, 0.2) is 0 Å². The number of carbonyl (C=O) groups excluding carboxylic acids is 2. The maximum atomic E-state index is 13.2. The van der Waals surface area contributed by atoms with Crippen LogP contribution in [-0.4, -0.2) is 11.9 Å². The van der Waals surface area contributed by atoms with E-state index in [0.717, 1.165) is 34.3 Å². The number of hydrogen-bond acceptors (Lipinski definition) is 6. The van der Waals surface area contributed by atoms with Crippen LogP contribution >= 0.6 is 27.3 Å². The molecule has 0 spiro atoms. The maximum Gasteiger partial charge on any atom is 0.336 e. The highest BCUT2D eigenvalue weighted by Gasteiger charge is 2.37. The van der Waals surface area contributed by atoms with Gasteiger partial charge in [-0.15, -0.1) is 11.3 Å². The van der Waals surface area contributed by atoms with Gasteiger partial charge < -0.3 is 19.8 Å². The smallest absolute Gasteiger partial charge is 0.336 e. The van der Waals surface area contributed by atoms with Gasteiger partial charge in [-0.05, 0) is 72.6 Å². The number of rotatable bonds is 4. The molecule has 1 aliphatic carbocycles. The first-order chi connectivity index (χ1) is 16.7. The standard InChI is InChI=1S/C27H27BrN2O4S/c1-27(2,3)15-6-9-18-21(13-15)35-26-23(18)25(32)29-24(30-26)19-14-16(28)7-10-20(19)34-22(31)11-8-17-5-4-12-33-17/h4-5,7-8,10-12,14-15,24,30H,6,9,13H2,1-3H3,(H,29,32)/b11-8+. The summed E-state index contributed by atoms with van der Waals surface area (Å²) in [6, 6.07) is 8.86. The topological polar surface area (TPSA) is 80.6 Å². The van der Waals surface area contributed by atoms with Gasteiger partial charge in [-0.3, -0.25) is 4.79 Å². The Kier molecular flexibility index (Phi) is 6.36. The molecule has 3 heterocycles. The van der Waals surface area contributed by atoms with Gasteiger partial charge in [0.05, 0.1) is 11.8 Å². The fraction of sp³-hybridized carbons (Fsp3) is 0.333. The zero-order valence-electron chi connectivity index (χ0n) is 19.8. The van der Waals surface area contributed by atoms with Gasteiger partial charge in [-0.25, -0.2) is 4.79 Å². The Labute approximate surface area is 216 Å². The summed E-state index contributed by atoms with van der Waals surface area (Å²) in [6.07, 6.45) is 6.89. The fourth-order valence-electron chi connectivity index (χ4n) is 4.71. The zero-order valence-corrected chi connectivity index (χ0v) is 22.2. The number of ether oxygens (including phenoxy) is 1. The van der Waals surface area contributed by atoms with Crippen LogP contribution in [0.5, 0.6) is 5.75 Å². The van der Waals surface area contributed by atoms with Gasteiger partial charge in [-0.1, -0.05) is 36.7 Å². The summed E-state index contributed by atoms with van der Waals surface area (Å²) >= 11 is 5.18. The van der Waals surface area contributed by atoms with Crippen LogP contribution in [0.2, 0.25) is 0 Å². The lowest BCUT2D eigenvalue weighted by atomic mass is 9.72. The molecule has 1 aliphatic heterocycles. The van der Waals surface area contributed by atoms with Crippen LogP contribution in [0.15, 0.2) is 51.6 Å². The van der Waals surface area contributed by atoms with E-state index in [1.54, 1.807) is 41.7 Å². The molecule has 1 amide bonds. The molecule has 2 atom stereocenters. The van der Waals surface area contributed by atoms with Gasteiger partial charge in [0.25, 0.3) is 5.91 Å². The average Bonchev–Trinajstić information content (AvgIpc) is 3.45. The second-order valence-electron chi connectivity index (χ2n) is 10.0. The van der Waals surface area contributed by atoms with Gasteiger partial charge in [0.2, 0.25) is 0 Å². The van der Waals surface area contributed by atoms with Crippen LogP contribution in [0, 0.1) is 11.3 Å². The van der Waals surface area contributed by atoms with Crippen molar-refractivity contribution in [1.82, 2.24) is 5.32 Å². The summed E-state index contributed by atoms with van der Waals surface area (Å²) in [4.78, 5) is 27.0. The summed E-state index contributed by atoms with van der Waals surface area (Å²) < 4.78 is 11.7. The Bertz CT molecular complexity index is 1300. The lowest BCUT2D eigenvalue weighted by molar-refractivity contribution is -0.128. The summed E-state index contributed by atoms with van der Waals surface area (Å²) in [7, 11) is 0. The Morgan fingerprint density at radius 1 is 1.26 bits per heavy atom. The van der Waals surface area contributed by atoms with E-state index in [4.69, 9.17) is 9.15 Å². The van der Waals surface area contributed by atoms with Gasteiger partial charge >= 0.3 is 5.97 Å². The summed E-state index contributed by atoms with van der Waals surface area (Å²) in [6.45, 7) is 6.87. The monoisotopic (exact) mass is 554 g/mol. The minimum absolute atomic E-state index is 0.0922. The third-order valence-electron chi connectivity index (χ3n) is 6.69. The summed E-state index contributed by atoms with van der Waals surface area (Å²) in [5.74, 6) is 0.900. The Balaban J connectivity index is 1.40. The first-order valence-electron chi connectivity index (χ1n) is 11.6. The van der Waals surface area contributed by atoms with Gasteiger partial charge in [-0.2, -0.15) is 0 Å². The second kappa shape index (κ2) is 9.32. The van der Waals surface area contributed by atoms with Crippen LogP contribution < -0.4 is 15.4 Å². The van der Waals surface area contributed by atoms with Gasteiger partial charge in [0.1, 0.15) is 22.7 Å². The average molecular weight is 555 g/mol. The molecular weight excluding hydrogens is 528 g/mol. The third-order valence-corrected chi connectivity index (χ3v) is 8.37. The predicted molar refractivity (Wildman–Crippen MR) is 141 cm³/mol. The molecule has 2 N–H and O–H groups in total. The molecule has 2 aliphatic rings. The first kappa shape index (κ1) is 23.9. The number of hydrogen-bond donors (Lipinski definition) is 2. The predicted octanol–water partition coefficient (Wildman–Crippen LogP) is 6.73. The van der Waals surface area contributed by atoms with Crippen molar-refractivity contribution in [2.75, 3.05) is 5.32 Å². The molecule has 182 valence electrons. The van der Waals surface area contributed by atoms with Crippen LogP contribution in [-0.2, 0) is 17.6 Å². The minimum Gasteiger partial charge on any atom is -0.465 e. The van der Waals surface area contributed by atoms with E-state index in [0.29, 0.717) is 23.0 Å². The normalized spacial score (nSPS) is 19.6. The molecule has 0 fully saturated rings. The van der Waals surface area contributed by atoms with Crippen molar-refractivity contribution in [3.05, 3.63) is 74.5 Å². The lowest BCUT2D eigenvalue weighted by Gasteiger charge is -2.34. The summed E-state index contributed by atoms with van der Waals surface area (Å²) in [5.41, 5.74) is 2.85. The Hall–Kier alpha value is -2.84. The van der Waals surface area contributed by atoms with Crippen molar-refractivity contribution < 1.29 is 18.7 Å². The molecule has 6 nitrogen and oxygen atoms in total. The molecule has 1 aromatic carbocycles. The third kappa shape index (κ3) is 4.95. The number of amides is 1. The fourth-order valence-corrected chi connectivity index (χ4v) is 6.44. The van der Waals surface area contributed by atoms with Crippen molar-refractivity contribution in [2.45, 2.75) is 46.2 Å². The largest absolute Gasteiger partial charge is 0.465 e. The number of esters is 1. The van der Waals surface area contributed by atoms with E-state index in [9.17, 15) is 9.59 Å². The second-order valence-corrected chi connectivity index (χ2v) is 12.0. The molecule has 2 unspecified atom stereocenters. The highest BCUT2D eigenvalue weighted by Crippen LogP contribution is 2.46. The number of carbonyl (C=O) groups is 2. The van der Waals surface area contributed by atoms with Crippen LogP contribution in [0.1, 0.15) is 65.5 Å². The molecule has 3 aromatic rings. The zero-order chi connectivity index (χ0) is 24.7. The van der Waals surface area contributed by atoms with Crippen LogP contribution in [0.3, 0.4) is 0 Å². The Morgan fingerprint density at radius 3 is 2.83 bits per heavy atom. The van der Waals surface area contributed by atoms with E-state index < -0.39 is 12.1 Å². The molecular formula is C27H27BrN2O4S. The molecule has 0 radical (unpaired) electrons. The van der Waals surface area contributed by atoms with Crippen molar-refractivity contribution in [3.63, 3.8) is 0 Å². The van der Waals surface area contributed by atoms with E-state index in [1.807, 2.05) is 6.07 Å². The summed E-state index contributed by atoms with van der Waals surface area (Å²) in [5, 5.41) is 7.45. The van der Waals surface area contributed by atoms with Crippen LogP contribution in [0.4, 0.5) is 5.00 Å². The van der Waals surface area contributed by atoms with E-state index in [2.05, 4.69) is 47.3 Å². The van der Waals surface area contributed by atoms with E-state index in [-0.39, 0.29) is 11.3 Å². The Morgan fingerprint density at radius 2 is 2.09 bits per heavy atom. The van der Waals surface area contributed by atoms with Crippen LogP contribution in [0.25, 0.3) is 6.08 Å². The lowest BCUT2D eigenvalue weighted by Crippen LogP contribution is -2.38.